The van der Waals surface area contributed by atoms with Crippen LogP contribution < -0.4 is 5.43 Å². The van der Waals surface area contributed by atoms with Gasteiger partial charge < -0.3 is 5.11 Å². The highest BCUT2D eigenvalue weighted by Gasteiger charge is 2.34. The maximum absolute atomic E-state index is 11.9. The van der Waals surface area contributed by atoms with Gasteiger partial charge in [-0.2, -0.15) is 0 Å². The van der Waals surface area contributed by atoms with Crippen molar-refractivity contribution in [2.45, 2.75) is 51.6 Å². The number of hydrogen-bond acceptors (Lipinski definition) is 4. The van der Waals surface area contributed by atoms with Crippen LogP contribution in [0.5, 0.6) is 0 Å². The van der Waals surface area contributed by atoms with E-state index in [9.17, 15) is 9.90 Å². The molecule has 1 atom stereocenters. The summed E-state index contributed by atoms with van der Waals surface area (Å²) >= 11 is 0. The van der Waals surface area contributed by atoms with Crippen molar-refractivity contribution in [1.29, 1.82) is 0 Å². The molecule has 2 N–H and O–H groups in total. The molecule has 1 fully saturated rings. The molecular formula is C14H25N3O2. The quantitative estimate of drug-likeness (QED) is 0.738. The second kappa shape index (κ2) is 7.01. The van der Waals surface area contributed by atoms with E-state index in [1.165, 1.54) is 0 Å². The van der Waals surface area contributed by atoms with Gasteiger partial charge in [0.25, 0.3) is 5.91 Å². The molecule has 1 unspecified atom stereocenters. The van der Waals surface area contributed by atoms with Gasteiger partial charge in [-0.1, -0.05) is 13.3 Å². The Hall–Kier alpha value is -0.940. The molecule has 1 heterocycles. The molecular weight excluding hydrogens is 242 g/mol. The summed E-state index contributed by atoms with van der Waals surface area (Å²) in [5.41, 5.74) is 3.30. The first-order valence-electron chi connectivity index (χ1n) is 7.47. The van der Waals surface area contributed by atoms with E-state index in [-0.39, 0.29) is 17.9 Å². The Morgan fingerprint density at radius 3 is 2.84 bits per heavy atom. The molecule has 0 radical (unpaired) electrons. The number of carbonyl (C=O) groups is 1. The smallest absolute Gasteiger partial charge is 0.252 e. The maximum atomic E-state index is 11.9. The number of aliphatic hydroxyl groups excluding tert-OH is 1. The number of nitrogens with zero attached hydrogens (tertiary/aromatic N) is 2. The molecule has 0 aromatic heterocycles. The predicted octanol–water partition coefficient (Wildman–Crippen LogP) is 1.33. The van der Waals surface area contributed by atoms with Gasteiger partial charge in [-0.05, 0) is 38.0 Å². The minimum absolute atomic E-state index is 0.00775. The van der Waals surface area contributed by atoms with Crippen LogP contribution in [0.1, 0.15) is 45.4 Å². The number of amides is 1. The van der Waals surface area contributed by atoms with Crippen LogP contribution in [0, 0.1) is 11.8 Å². The summed E-state index contributed by atoms with van der Waals surface area (Å²) in [4.78, 5) is 15.9. The molecule has 2 rings (SSSR count). The third-order valence-corrected chi connectivity index (χ3v) is 4.19. The average Bonchev–Trinajstić information content (AvgIpc) is 2.42. The molecule has 1 aliphatic carbocycles. The van der Waals surface area contributed by atoms with Crippen LogP contribution in [-0.4, -0.2) is 41.6 Å². The summed E-state index contributed by atoms with van der Waals surface area (Å²) in [7, 11) is 0. The molecule has 0 spiro atoms. The van der Waals surface area contributed by atoms with Crippen LogP contribution in [-0.2, 0) is 4.79 Å². The molecule has 108 valence electrons. The summed E-state index contributed by atoms with van der Waals surface area (Å²) in [6.45, 7) is 3.80. The Balaban J connectivity index is 1.86. The molecule has 1 saturated carbocycles. The fraction of sp³-hybridized carbons (Fsp3) is 0.857. The fourth-order valence-corrected chi connectivity index (χ4v) is 2.92. The largest absolute Gasteiger partial charge is 0.393 e. The third kappa shape index (κ3) is 4.01. The summed E-state index contributed by atoms with van der Waals surface area (Å²) in [5, 5.41) is 11.5. The van der Waals surface area contributed by atoms with E-state index < -0.39 is 0 Å². The van der Waals surface area contributed by atoms with Crippen molar-refractivity contribution in [2.75, 3.05) is 13.1 Å². The van der Waals surface area contributed by atoms with Gasteiger partial charge in [0.1, 0.15) is 6.34 Å². The topological polar surface area (TPSA) is 64.9 Å². The average molecular weight is 267 g/mol. The number of hydrogen-bond donors (Lipinski definition) is 2. The van der Waals surface area contributed by atoms with Gasteiger partial charge in [0.15, 0.2) is 0 Å². The summed E-state index contributed by atoms with van der Waals surface area (Å²) < 4.78 is 0. The van der Waals surface area contributed by atoms with Crippen molar-refractivity contribution in [2.24, 2.45) is 16.8 Å². The van der Waals surface area contributed by atoms with E-state index in [0.717, 1.165) is 45.1 Å². The number of carbonyl (C=O) groups excluding carboxylic acids is 1. The van der Waals surface area contributed by atoms with Gasteiger partial charge in [-0.3, -0.25) is 9.80 Å². The number of aliphatic imine (C=N–C) groups is 1. The predicted molar refractivity (Wildman–Crippen MR) is 74.6 cm³/mol. The molecule has 1 amide bonds. The third-order valence-electron chi connectivity index (χ3n) is 4.19. The van der Waals surface area contributed by atoms with Gasteiger partial charge in [0.05, 0.1) is 12.0 Å². The lowest BCUT2D eigenvalue weighted by atomic mass is 9.78. The van der Waals surface area contributed by atoms with Crippen LogP contribution in [0.25, 0.3) is 0 Å². The van der Waals surface area contributed by atoms with Crippen LogP contribution in [0.2, 0.25) is 0 Å². The highest BCUT2D eigenvalue weighted by atomic mass is 16.3. The Labute approximate surface area is 115 Å². The van der Waals surface area contributed by atoms with Crippen molar-refractivity contribution >= 4 is 12.2 Å². The molecule has 19 heavy (non-hydrogen) atoms. The lowest BCUT2D eigenvalue weighted by Crippen LogP contribution is -2.47. The first-order valence-corrected chi connectivity index (χ1v) is 7.47. The van der Waals surface area contributed by atoms with Crippen molar-refractivity contribution in [3.63, 3.8) is 0 Å². The number of unbranched alkanes of at least 4 members (excludes halogenated alkanes) is 1. The number of hydrazine groups is 1. The fourth-order valence-electron chi connectivity index (χ4n) is 2.92. The van der Waals surface area contributed by atoms with Gasteiger partial charge >= 0.3 is 0 Å². The van der Waals surface area contributed by atoms with Crippen molar-refractivity contribution < 1.29 is 9.90 Å². The highest BCUT2D eigenvalue weighted by molar-refractivity contribution is 5.88. The monoisotopic (exact) mass is 267 g/mol. The Kier molecular flexibility index (Phi) is 5.34. The standard InChI is InChI=1S/C14H25N3O2/c1-2-3-8-16-17-9-13(14(19)15-10-17)11-4-6-12(18)7-5-11/h10-13,16,18H,2-9H2,1H3/t11-,12-,13?. The summed E-state index contributed by atoms with van der Waals surface area (Å²) in [6.07, 6.45) is 7.25. The summed E-state index contributed by atoms with van der Waals surface area (Å²) in [6, 6.07) is 0. The second-order valence-corrected chi connectivity index (χ2v) is 5.67. The molecule has 5 heteroatoms. The normalized spacial score (nSPS) is 31.8. The van der Waals surface area contributed by atoms with Crippen LogP contribution in [0.4, 0.5) is 0 Å². The lowest BCUT2D eigenvalue weighted by Gasteiger charge is -2.35. The van der Waals surface area contributed by atoms with Gasteiger partial charge in [-0.25, -0.2) is 10.4 Å². The minimum Gasteiger partial charge on any atom is -0.393 e. The first-order chi connectivity index (χ1) is 9.20. The number of rotatable bonds is 5. The van der Waals surface area contributed by atoms with Crippen LogP contribution in [0.15, 0.2) is 4.99 Å². The molecule has 1 aliphatic heterocycles. The molecule has 0 aromatic rings. The maximum Gasteiger partial charge on any atom is 0.252 e. The van der Waals surface area contributed by atoms with Crippen molar-refractivity contribution in [1.82, 2.24) is 10.4 Å². The van der Waals surface area contributed by atoms with Gasteiger partial charge in [0.2, 0.25) is 0 Å². The minimum atomic E-state index is -0.169. The van der Waals surface area contributed by atoms with Crippen molar-refractivity contribution in [3.05, 3.63) is 0 Å². The Morgan fingerprint density at radius 1 is 1.42 bits per heavy atom. The van der Waals surface area contributed by atoms with E-state index in [0.29, 0.717) is 12.5 Å². The van der Waals surface area contributed by atoms with Crippen LogP contribution >= 0.6 is 0 Å². The number of nitrogens with one attached hydrogen (secondary N) is 1. The van der Waals surface area contributed by atoms with Crippen LogP contribution in [0.3, 0.4) is 0 Å². The molecule has 0 aromatic carbocycles. The Morgan fingerprint density at radius 2 is 2.16 bits per heavy atom. The molecule has 5 nitrogen and oxygen atoms in total. The molecule has 2 aliphatic rings. The second-order valence-electron chi connectivity index (χ2n) is 5.67. The SMILES string of the molecule is CCCCNN1C=NC(=O)C([C@H]2CC[C@H](O)CC2)C1. The van der Waals surface area contributed by atoms with Gasteiger partial charge in [0, 0.05) is 13.1 Å². The van der Waals surface area contributed by atoms with Crippen molar-refractivity contribution in [3.8, 4) is 0 Å². The lowest BCUT2D eigenvalue weighted by molar-refractivity contribution is -0.125. The summed E-state index contributed by atoms with van der Waals surface area (Å²) in [5.74, 6) is 0.380. The zero-order valence-corrected chi connectivity index (χ0v) is 11.7. The van der Waals surface area contributed by atoms with E-state index in [1.54, 1.807) is 6.34 Å². The highest BCUT2D eigenvalue weighted by Crippen LogP contribution is 2.32. The zero-order valence-electron chi connectivity index (χ0n) is 11.7. The number of aliphatic hydroxyl groups is 1. The van der Waals surface area contributed by atoms with Gasteiger partial charge in [-0.15, -0.1) is 0 Å². The zero-order chi connectivity index (χ0) is 13.7. The van der Waals surface area contributed by atoms with E-state index in [2.05, 4.69) is 17.3 Å². The van der Waals surface area contributed by atoms with E-state index >= 15 is 0 Å². The molecule has 0 bridgehead atoms. The van der Waals surface area contributed by atoms with E-state index in [4.69, 9.17) is 0 Å². The molecule has 0 saturated heterocycles. The first kappa shape index (κ1) is 14.5. The van der Waals surface area contributed by atoms with E-state index in [1.807, 2.05) is 5.01 Å². The Bertz CT molecular complexity index is 325.